The maximum Gasteiger partial charge on any atom is 0.279 e. The van der Waals surface area contributed by atoms with E-state index in [-0.39, 0.29) is 5.91 Å². The van der Waals surface area contributed by atoms with Crippen molar-refractivity contribution in [3.05, 3.63) is 48.3 Å². The molecule has 1 aromatic carbocycles. The topological polar surface area (TPSA) is 86.4 Å². The van der Waals surface area contributed by atoms with Gasteiger partial charge in [0.1, 0.15) is 0 Å². The van der Waals surface area contributed by atoms with Crippen LogP contribution < -0.4 is 15.1 Å². The van der Waals surface area contributed by atoms with Gasteiger partial charge in [-0.25, -0.2) is 9.97 Å². The number of carbonyl (C=O) groups is 1. The summed E-state index contributed by atoms with van der Waals surface area (Å²) in [6, 6.07) is 10.7. The number of benzene rings is 1. The Balaban J connectivity index is 1.47. The molecule has 1 aliphatic rings. The molecule has 2 aromatic rings. The molecule has 7 heteroatoms. The Hall–Kier alpha value is -2.98. The summed E-state index contributed by atoms with van der Waals surface area (Å²) >= 11 is 0. The quantitative estimate of drug-likeness (QED) is 0.806. The average molecular weight is 323 g/mol. The zero-order valence-electron chi connectivity index (χ0n) is 13.3. The second-order valence-corrected chi connectivity index (χ2v) is 5.70. The van der Waals surface area contributed by atoms with Crippen molar-refractivity contribution in [1.82, 2.24) is 9.97 Å². The standard InChI is InChI=1S/C17H18N6O/c18-12-14-2-4-15(5-3-14)21-16(24)13-22-8-10-23(11-9-22)17-19-6-1-7-20-17/h1-7H,8-11,13H2,(H,21,24)/p+1. The molecule has 0 aliphatic carbocycles. The molecule has 122 valence electrons. The molecule has 2 N–H and O–H groups in total. The van der Waals surface area contributed by atoms with Gasteiger partial charge < -0.3 is 15.1 Å². The van der Waals surface area contributed by atoms with Crippen LogP contribution in [0, 0.1) is 11.3 Å². The largest absolute Gasteiger partial charge is 0.330 e. The van der Waals surface area contributed by atoms with Gasteiger partial charge >= 0.3 is 0 Å². The lowest BCUT2D eigenvalue weighted by atomic mass is 10.2. The lowest BCUT2D eigenvalue weighted by Crippen LogP contribution is -3.15. The van der Waals surface area contributed by atoms with Crippen molar-refractivity contribution in [2.24, 2.45) is 0 Å². The van der Waals surface area contributed by atoms with E-state index in [1.807, 2.05) is 0 Å². The molecule has 1 aliphatic heterocycles. The number of aromatic nitrogens is 2. The third-order valence-electron chi connectivity index (χ3n) is 4.01. The van der Waals surface area contributed by atoms with Gasteiger partial charge in [0.2, 0.25) is 5.95 Å². The summed E-state index contributed by atoms with van der Waals surface area (Å²) < 4.78 is 0. The van der Waals surface area contributed by atoms with E-state index in [0.717, 1.165) is 37.8 Å². The van der Waals surface area contributed by atoms with Crippen molar-refractivity contribution in [2.45, 2.75) is 0 Å². The van der Waals surface area contributed by atoms with Gasteiger partial charge in [-0.15, -0.1) is 0 Å². The highest BCUT2D eigenvalue weighted by atomic mass is 16.2. The van der Waals surface area contributed by atoms with Crippen LogP contribution in [0.25, 0.3) is 0 Å². The number of anilines is 2. The molecule has 1 aromatic heterocycles. The summed E-state index contributed by atoms with van der Waals surface area (Å²) in [6.07, 6.45) is 3.49. The number of rotatable bonds is 4. The van der Waals surface area contributed by atoms with Crippen molar-refractivity contribution in [3.8, 4) is 6.07 Å². The Morgan fingerprint density at radius 3 is 2.50 bits per heavy atom. The van der Waals surface area contributed by atoms with E-state index in [0.29, 0.717) is 12.1 Å². The van der Waals surface area contributed by atoms with Crippen LogP contribution in [0.5, 0.6) is 0 Å². The molecule has 1 fully saturated rings. The number of hydrogen-bond acceptors (Lipinski definition) is 5. The van der Waals surface area contributed by atoms with E-state index in [1.165, 1.54) is 4.90 Å². The molecule has 1 amide bonds. The number of piperazine rings is 1. The maximum atomic E-state index is 12.2. The van der Waals surface area contributed by atoms with Gasteiger partial charge in [-0.05, 0) is 30.3 Å². The zero-order chi connectivity index (χ0) is 16.8. The van der Waals surface area contributed by atoms with Crippen LogP contribution >= 0.6 is 0 Å². The Bertz CT molecular complexity index is 717. The van der Waals surface area contributed by atoms with Gasteiger partial charge in [0.05, 0.1) is 37.8 Å². The Kier molecular flexibility index (Phi) is 4.99. The molecular weight excluding hydrogens is 304 g/mol. The molecule has 0 spiro atoms. The molecule has 0 atom stereocenters. The number of hydrogen-bond donors (Lipinski definition) is 2. The lowest BCUT2D eigenvalue weighted by molar-refractivity contribution is -0.892. The Morgan fingerprint density at radius 2 is 1.88 bits per heavy atom. The summed E-state index contributed by atoms with van der Waals surface area (Å²) in [5.41, 5.74) is 1.30. The van der Waals surface area contributed by atoms with Crippen LogP contribution in [0.1, 0.15) is 5.56 Å². The summed E-state index contributed by atoms with van der Waals surface area (Å²) in [6.45, 7) is 3.86. The first-order chi connectivity index (χ1) is 11.7. The second-order valence-electron chi connectivity index (χ2n) is 5.70. The summed E-state index contributed by atoms with van der Waals surface area (Å²) in [5, 5.41) is 11.7. The first-order valence-corrected chi connectivity index (χ1v) is 7.90. The second kappa shape index (κ2) is 7.53. The minimum atomic E-state index is -0.0147. The number of quaternary nitrogens is 1. The smallest absolute Gasteiger partial charge is 0.279 e. The van der Waals surface area contributed by atoms with Crippen LogP contribution in [0.2, 0.25) is 0 Å². The monoisotopic (exact) mass is 323 g/mol. The van der Waals surface area contributed by atoms with E-state index in [1.54, 1.807) is 42.7 Å². The Labute approximate surface area is 140 Å². The van der Waals surface area contributed by atoms with Gasteiger partial charge in [-0.2, -0.15) is 5.26 Å². The van der Waals surface area contributed by atoms with E-state index in [2.05, 4.69) is 26.3 Å². The molecule has 0 bridgehead atoms. The van der Waals surface area contributed by atoms with E-state index in [9.17, 15) is 4.79 Å². The van der Waals surface area contributed by atoms with Gasteiger partial charge in [-0.1, -0.05) is 0 Å². The van der Waals surface area contributed by atoms with Crippen LogP contribution in [-0.2, 0) is 4.79 Å². The highest BCUT2D eigenvalue weighted by Gasteiger charge is 2.23. The van der Waals surface area contributed by atoms with Crippen LogP contribution in [0.3, 0.4) is 0 Å². The maximum absolute atomic E-state index is 12.2. The number of carbonyl (C=O) groups excluding carboxylic acids is 1. The van der Waals surface area contributed by atoms with Crippen molar-refractivity contribution < 1.29 is 9.69 Å². The summed E-state index contributed by atoms with van der Waals surface area (Å²) in [5.74, 6) is 0.734. The molecule has 0 saturated carbocycles. The molecule has 7 nitrogen and oxygen atoms in total. The van der Waals surface area contributed by atoms with Gasteiger partial charge in [-0.3, -0.25) is 4.79 Å². The third kappa shape index (κ3) is 4.06. The molecule has 2 heterocycles. The van der Waals surface area contributed by atoms with Crippen molar-refractivity contribution >= 4 is 17.5 Å². The minimum Gasteiger partial charge on any atom is -0.330 e. The fourth-order valence-electron chi connectivity index (χ4n) is 2.71. The molecular formula is C17H19N6O+. The van der Waals surface area contributed by atoms with Crippen molar-refractivity contribution in [1.29, 1.82) is 5.26 Å². The van der Waals surface area contributed by atoms with E-state index < -0.39 is 0 Å². The van der Waals surface area contributed by atoms with Crippen molar-refractivity contribution in [2.75, 3.05) is 42.9 Å². The predicted octanol–water partition coefficient (Wildman–Crippen LogP) is -0.308. The van der Waals surface area contributed by atoms with Gasteiger partial charge in [0.15, 0.2) is 6.54 Å². The normalized spacial score (nSPS) is 14.9. The molecule has 0 unspecified atom stereocenters. The minimum absolute atomic E-state index is 0.0147. The number of nitrogens with one attached hydrogen (secondary N) is 2. The summed E-state index contributed by atoms with van der Waals surface area (Å²) in [7, 11) is 0. The predicted molar refractivity (Wildman–Crippen MR) is 89.6 cm³/mol. The van der Waals surface area contributed by atoms with Crippen LogP contribution in [-0.4, -0.2) is 48.6 Å². The Morgan fingerprint density at radius 1 is 1.21 bits per heavy atom. The first kappa shape index (κ1) is 15.9. The average Bonchev–Trinajstić information content (AvgIpc) is 2.64. The van der Waals surface area contributed by atoms with Gasteiger partial charge in [0.25, 0.3) is 5.91 Å². The highest BCUT2D eigenvalue weighted by Crippen LogP contribution is 2.08. The van der Waals surface area contributed by atoms with Crippen LogP contribution in [0.4, 0.5) is 11.6 Å². The van der Waals surface area contributed by atoms with E-state index >= 15 is 0 Å². The summed E-state index contributed by atoms with van der Waals surface area (Å²) in [4.78, 5) is 24.1. The fraction of sp³-hybridized carbons (Fsp3) is 0.294. The molecule has 3 rings (SSSR count). The molecule has 0 radical (unpaired) electrons. The SMILES string of the molecule is N#Cc1ccc(NC(=O)C[NH+]2CCN(c3ncccn3)CC2)cc1. The van der Waals surface area contributed by atoms with Crippen molar-refractivity contribution in [3.63, 3.8) is 0 Å². The lowest BCUT2D eigenvalue weighted by Gasteiger charge is -2.31. The molecule has 24 heavy (non-hydrogen) atoms. The van der Waals surface area contributed by atoms with Gasteiger partial charge in [0, 0.05) is 18.1 Å². The number of nitriles is 1. The number of nitrogens with zero attached hydrogens (tertiary/aromatic N) is 4. The van der Waals surface area contributed by atoms with Crippen LogP contribution in [0.15, 0.2) is 42.7 Å². The highest BCUT2D eigenvalue weighted by molar-refractivity contribution is 5.91. The number of amides is 1. The van der Waals surface area contributed by atoms with E-state index in [4.69, 9.17) is 5.26 Å². The molecule has 1 saturated heterocycles. The third-order valence-corrected chi connectivity index (χ3v) is 4.01. The zero-order valence-corrected chi connectivity index (χ0v) is 13.3. The first-order valence-electron chi connectivity index (χ1n) is 7.90. The fourth-order valence-corrected chi connectivity index (χ4v) is 2.71.